The first-order valence-corrected chi connectivity index (χ1v) is 8.06. The number of ether oxygens (including phenoxy) is 1. The van der Waals surface area contributed by atoms with Gasteiger partial charge in [0.15, 0.2) is 0 Å². The number of benzene rings is 2. The van der Waals surface area contributed by atoms with Crippen molar-refractivity contribution < 1.29 is 19.1 Å². The molecule has 0 saturated carbocycles. The first-order chi connectivity index (χ1) is 12.7. The fourth-order valence-corrected chi connectivity index (χ4v) is 2.19. The van der Waals surface area contributed by atoms with Crippen LogP contribution in [0.5, 0.6) is 0 Å². The Labute approximate surface area is 151 Å². The largest absolute Gasteiger partial charge is 0.445 e. The third-order valence-corrected chi connectivity index (χ3v) is 3.45. The van der Waals surface area contributed by atoms with Crippen LogP contribution >= 0.6 is 0 Å². The van der Waals surface area contributed by atoms with Crippen molar-refractivity contribution in [2.45, 2.75) is 6.61 Å². The van der Waals surface area contributed by atoms with E-state index >= 15 is 0 Å². The molecule has 0 aromatic heterocycles. The third-order valence-electron chi connectivity index (χ3n) is 3.45. The van der Waals surface area contributed by atoms with Crippen LogP contribution in [-0.2, 0) is 16.1 Å². The van der Waals surface area contributed by atoms with E-state index in [1.54, 1.807) is 6.08 Å². The standard InChI is InChI=1S/C20H19N3O3/c21-22-14-19(24)15-23(13-7-12-17-8-3-1-4-9-17)20(25)26-16-18-10-5-2-6-11-18/h1-12,14H,13,15-16H2/b12-7+. The molecule has 0 aliphatic rings. The van der Waals surface area contributed by atoms with Crippen LogP contribution < -0.4 is 0 Å². The molecule has 0 bridgehead atoms. The molecule has 132 valence electrons. The Hall–Kier alpha value is -3.50. The van der Waals surface area contributed by atoms with E-state index in [0.29, 0.717) is 0 Å². The summed E-state index contributed by atoms with van der Waals surface area (Å²) < 4.78 is 5.27. The minimum Gasteiger partial charge on any atom is -0.445 e. The predicted molar refractivity (Wildman–Crippen MR) is 98.4 cm³/mol. The fourth-order valence-electron chi connectivity index (χ4n) is 2.19. The quantitative estimate of drug-likeness (QED) is 0.417. The molecule has 0 spiro atoms. The molecule has 2 aromatic carbocycles. The summed E-state index contributed by atoms with van der Waals surface area (Å²) in [6.07, 6.45) is 3.76. The molecule has 1 amide bonds. The van der Waals surface area contributed by atoms with Crippen molar-refractivity contribution in [1.82, 2.24) is 4.90 Å². The molecule has 0 N–H and O–H groups in total. The number of Topliss-reactive ketones (excluding diaryl/α,β-unsaturated/α-hetero) is 1. The second-order valence-electron chi connectivity index (χ2n) is 5.44. The van der Waals surface area contributed by atoms with Crippen LogP contribution in [0.4, 0.5) is 4.79 Å². The summed E-state index contributed by atoms with van der Waals surface area (Å²) in [5, 5.41) is 0. The molecule has 0 unspecified atom stereocenters. The maximum atomic E-state index is 12.3. The molecule has 2 rings (SSSR count). The zero-order chi connectivity index (χ0) is 18.6. The molecule has 0 aliphatic carbocycles. The van der Waals surface area contributed by atoms with E-state index in [-0.39, 0.29) is 19.7 Å². The Bertz CT molecular complexity index is 798. The van der Waals surface area contributed by atoms with Gasteiger partial charge in [-0.1, -0.05) is 72.8 Å². The number of nitrogens with zero attached hydrogens (tertiary/aromatic N) is 3. The van der Waals surface area contributed by atoms with E-state index in [2.05, 4.69) is 4.79 Å². The van der Waals surface area contributed by atoms with Crippen molar-refractivity contribution in [1.29, 1.82) is 0 Å². The highest BCUT2D eigenvalue weighted by Gasteiger charge is 2.18. The second-order valence-corrected chi connectivity index (χ2v) is 5.44. The summed E-state index contributed by atoms with van der Waals surface area (Å²) in [4.78, 5) is 27.9. The highest BCUT2D eigenvalue weighted by Crippen LogP contribution is 2.05. The van der Waals surface area contributed by atoms with Gasteiger partial charge in [0.1, 0.15) is 6.61 Å². The highest BCUT2D eigenvalue weighted by molar-refractivity contribution is 6.26. The van der Waals surface area contributed by atoms with Gasteiger partial charge in [-0.2, -0.15) is 4.79 Å². The van der Waals surface area contributed by atoms with Gasteiger partial charge in [-0.3, -0.25) is 9.69 Å². The van der Waals surface area contributed by atoms with Crippen molar-refractivity contribution in [3.8, 4) is 0 Å². The van der Waals surface area contributed by atoms with Crippen molar-refractivity contribution in [3.05, 3.63) is 83.4 Å². The summed E-state index contributed by atoms with van der Waals surface area (Å²) in [6, 6.07) is 18.9. The van der Waals surface area contributed by atoms with E-state index in [9.17, 15) is 9.59 Å². The summed E-state index contributed by atoms with van der Waals surface area (Å²) in [5.41, 5.74) is 10.3. The number of amides is 1. The SMILES string of the molecule is [N-]=[N+]=CC(=O)CN(C/C=C/c1ccccc1)C(=O)OCc1ccccc1. The van der Waals surface area contributed by atoms with Gasteiger partial charge < -0.3 is 10.3 Å². The third kappa shape index (κ3) is 6.55. The zero-order valence-corrected chi connectivity index (χ0v) is 14.2. The van der Waals surface area contributed by atoms with E-state index < -0.39 is 11.9 Å². The lowest BCUT2D eigenvalue weighted by atomic mass is 10.2. The van der Waals surface area contributed by atoms with Gasteiger partial charge in [0.2, 0.25) is 0 Å². The average Bonchev–Trinajstić information content (AvgIpc) is 2.67. The summed E-state index contributed by atoms with van der Waals surface area (Å²) >= 11 is 0. The number of hydrogen-bond donors (Lipinski definition) is 0. The van der Waals surface area contributed by atoms with Gasteiger partial charge in [0, 0.05) is 6.54 Å². The smallest absolute Gasteiger partial charge is 0.410 e. The maximum Gasteiger partial charge on any atom is 0.410 e. The van der Waals surface area contributed by atoms with E-state index in [1.165, 1.54) is 4.90 Å². The van der Waals surface area contributed by atoms with E-state index in [4.69, 9.17) is 10.3 Å². The van der Waals surface area contributed by atoms with Gasteiger partial charge in [-0.25, -0.2) is 4.79 Å². The molecular weight excluding hydrogens is 330 g/mol. The Morgan fingerprint density at radius 2 is 1.69 bits per heavy atom. The number of hydrogen-bond acceptors (Lipinski definition) is 3. The Balaban J connectivity index is 1.99. The van der Waals surface area contributed by atoms with Crippen molar-refractivity contribution in [2.24, 2.45) is 0 Å². The topological polar surface area (TPSA) is 83.0 Å². The predicted octanol–water partition coefficient (Wildman–Crippen LogP) is 3.21. The molecule has 0 heterocycles. The number of ketones is 1. The van der Waals surface area contributed by atoms with Crippen LogP contribution in [0.3, 0.4) is 0 Å². The van der Waals surface area contributed by atoms with Crippen LogP contribution in [0.15, 0.2) is 66.7 Å². The van der Waals surface area contributed by atoms with Crippen molar-refractivity contribution in [2.75, 3.05) is 13.1 Å². The van der Waals surface area contributed by atoms with Crippen molar-refractivity contribution in [3.63, 3.8) is 0 Å². The molecule has 6 heteroatoms. The Morgan fingerprint density at radius 1 is 1.04 bits per heavy atom. The Morgan fingerprint density at radius 3 is 2.35 bits per heavy atom. The first-order valence-electron chi connectivity index (χ1n) is 8.06. The molecule has 0 saturated heterocycles. The second kappa shape index (κ2) is 10.4. The average molecular weight is 349 g/mol. The molecule has 6 nitrogen and oxygen atoms in total. The van der Waals surface area contributed by atoms with E-state index in [0.717, 1.165) is 17.3 Å². The Kier molecular flexibility index (Phi) is 7.52. The summed E-state index contributed by atoms with van der Waals surface area (Å²) in [6.45, 7) is 0.0607. The number of carbonyl (C=O) groups excluding carboxylic acids is 2. The molecular formula is C20H19N3O3. The lowest BCUT2D eigenvalue weighted by molar-refractivity contribution is -0.116. The van der Waals surface area contributed by atoms with Crippen LogP contribution in [-0.4, -0.2) is 40.9 Å². The van der Waals surface area contributed by atoms with Gasteiger partial charge in [0.25, 0.3) is 5.78 Å². The number of rotatable bonds is 8. The molecule has 26 heavy (non-hydrogen) atoms. The molecule has 0 fully saturated rings. The van der Waals surface area contributed by atoms with Gasteiger partial charge in [0.05, 0.1) is 6.54 Å². The van der Waals surface area contributed by atoms with Gasteiger partial charge in [-0.15, -0.1) is 0 Å². The number of carbonyl (C=O) groups is 2. The highest BCUT2D eigenvalue weighted by atomic mass is 16.6. The fraction of sp³-hybridized carbons (Fsp3) is 0.150. The van der Waals surface area contributed by atoms with Crippen LogP contribution in [0.25, 0.3) is 11.6 Å². The first kappa shape index (κ1) is 18.8. The van der Waals surface area contributed by atoms with Gasteiger partial charge in [-0.05, 0) is 11.1 Å². The minimum absolute atomic E-state index is 0.112. The minimum atomic E-state index is -0.619. The lowest BCUT2D eigenvalue weighted by Gasteiger charge is -2.18. The molecule has 0 radical (unpaired) electrons. The van der Waals surface area contributed by atoms with Crippen LogP contribution in [0.1, 0.15) is 11.1 Å². The summed E-state index contributed by atoms with van der Waals surface area (Å²) in [5.74, 6) is -0.503. The lowest BCUT2D eigenvalue weighted by Crippen LogP contribution is -2.36. The van der Waals surface area contributed by atoms with Crippen LogP contribution in [0.2, 0.25) is 0 Å². The molecule has 2 aromatic rings. The zero-order valence-electron chi connectivity index (χ0n) is 14.2. The summed E-state index contributed by atoms with van der Waals surface area (Å²) in [7, 11) is 0. The van der Waals surface area contributed by atoms with Crippen molar-refractivity contribution >= 4 is 24.2 Å². The molecule has 0 aliphatic heterocycles. The molecule has 0 atom stereocenters. The van der Waals surface area contributed by atoms with Crippen LogP contribution in [0, 0.1) is 0 Å². The monoisotopic (exact) mass is 349 g/mol. The van der Waals surface area contributed by atoms with E-state index in [1.807, 2.05) is 66.7 Å². The maximum absolute atomic E-state index is 12.3. The van der Waals surface area contributed by atoms with Gasteiger partial charge >= 0.3 is 12.3 Å². The normalized spacial score (nSPS) is 10.2.